The standard InChI is InChI=1S/C13H25N3O.ClH/c1-15-8-4-6-12(10-15)16(2)13(17)11-5-3-7-14-9-11;/h11-12,14H,3-10H2,1-2H3;1H/t11-,12?;/m1./s1. The highest BCUT2D eigenvalue weighted by Crippen LogP contribution is 2.18. The summed E-state index contributed by atoms with van der Waals surface area (Å²) >= 11 is 0. The lowest BCUT2D eigenvalue weighted by molar-refractivity contribution is -0.137. The second-order valence-corrected chi connectivity index (χ2v) is 5.55. The van der Waals surface area contributed by atoms with Crippen LogP contribution in [0.2, 0.25) is 0 Å². The quantitative estimate of drug-likeness (QED) is 0.816. The number of piperidine rings is 2. The normalized spacial score (nSPS) is 29.4. The van der Waals surface area contributed by atoms with E-state index in [0.29, 0.717) is 11.9 Å². The number of nitrogens with zero attached hydrogens (tertiary/aromatic N) is 2. The van der Waals surface area contributed by atoms with Gasteiger partial charge in [-0.15, -0.1) is 12.4 Å². The molecule has 2 aliphatic rings. The number of amides is 1. The minimum atomic E-state index is 0. The number of nitrogens with one attached hydrogen (secondary N) is 1. The van der Waals surface area contributed by atoms with Crippen molar-refractivity contribution in [3.8, 4) is 0 Å². The average molecular weight is 276 g/mol. The molecule has 2 fully saturated rings. The van der Waals surface area contributed by atoms with Crippen molar-refractivity contribution in [2.75, 3.05) is 40.3 Å². The Labute approximate surface area is 116 Å². The van der Waals surface area contributed by atoms with Crippen molar-refractivity contribution >= 4 is 18.3 Å². The molecular weight excluding hydrogens is 250 g/mol. The highest BCUT2D eigenvalue weighted by molar-refractivity contribution is 5.85. The summed E-state index contributed by atoms with van der Waals surface area (Å²) in [5.41, 5.74) is 0. The number of likely N-dealkylation sites (N-methyl/N-ethyl adjacent to an activating group) is 2. The molecule has 5 heteroatoms. The van der Waals surface area contributed by atoms with Crippen LogP contribution in [0.4, 0.5) is 0 Å². The van der Waals surface area contributed by atoms with Crippen LogP contribution in [-0.4, -0.2) is 62.0 Å². The number of carbonyl (C=O) groups excluding carboxylic acids is 1. The Morgan fingerprint density at radius 3 is 2.72 bits per heavy atom. The summed E-state index contributed by atoms with van der Waals surface area (Å²) < 4.78 is 0. The number of likely N-dealkylation sites (tertiary alicyclic amines) is 1. The third kappa shape index (κ3) is 3.84. The van der Waals surface area contributed by atoms with E-state index in [-0.39, 0.29) is 18.3 Å². The van der Waals surface area contributed by atoms with E-state index in [1.54, 1.807) is 0 Å². The molecular formula is C13H26ClN3O. The molecule has 1 unspecified atom stereocenters. The van der Waals surface area contributed by atoms with Gasteiger partial charge in [0.2, 0.25) is 5.91 Å². The van der Waals surface area contributed by atoms with Crippen molar-refractivity contribution in [1.29, 1.82) is 0 Å². The van der Waals surface area contributed by atoms with Crippen LogP contribution in [0.5, 0.6) is 0 Å². The van der Waals surface area contributed by atoms with Gasteiger partial charge >= 0.3 is 0 Å². The molecule has 18 heavy (non-hydrogen) atoms. The van der Waals surface area contributed by atoms with E-state index in [4.69, 9.17) is 0 Å². The van der Waals surface area contributed by atoms with Gasteiger partial charge in [-0.05, 0) is 45.8 Å². The molecule has 2 saturated heterocycles. The first-order valence-electron chi connectivity index (χ1n) is 6.84. The predicted octanol–water partition coefficient (Wildman–Crippen LogP) is 0.960. The van der Waals surface area contributed by atoms with Crippen molar-refractivity contribution in [1.82, 2.24) is 15.1 Å². The van der Waals surface area contributed by atoms with Crippen LogP contribution in [0, 0.1) is 5.92 Å². The smallest absolute Gasteiger partial charge is 0.227 e. The average Bonchev–Trinajstić information content (AvgIpc) is 2.38. The van der Waals surface area contributed by atoms with Crippen LogP contribution in [-0.2, 0) is 4.79 Å². The van der Waals surface area contributed by atoms with E-state index in [1.165, 1.54) is 13.0 Å². The molecule has 0 aromatic carbocycles. The first kappa shape index (κ1) is 15.7. The maximum atomic E-state index is 12.4. The fraction of sp³-hybridized carbons (Fsp3) is 0.923. The van der Waals surface area contributed by atoms with Crippen LogP contribution >= 0.6 is 12.4 Å². The third-order valence-corrected chi connectivity index (χ3v) is 4.14. The van der Waals surface area contributed by atoms with Crippen LogP contribution in [0.25, 0.3) is 0 Å². The van der Waals surface area contributed by atoms with Crippen molar-refractivity contribution in [2.24, 2.45) is 5.92 Å². The van der Waals surface area contributed by atoms with E-state index in [9.17, 15) is 4.79 Å². The summed E-state index contributed by atoms with van der Waals surface area (Å²) in [4.78, 5) is 16.7. The Kier molecular flexibility index (Phi) is 6.39. The number of hydrogen-bond donors (Lipinski definition) is 1. The van der Waals surface area contributed by atoms with Crippen LogP contribution in [0.15, 0.2) is 0 Å². The molecule has 2 rings (SSSR count). The van der Waals surface area contributed by atoms with Gasteiger partial charge in [-0.3, -0.25) is 4.79 Å². The molecule has 106 valence electrons. The van der Waals surface area contributed by atoms with Gasteiger partial charge in [0.1, 0.15) is 0 Å². The zero-order chi connectivity index (χ0) is 12.3. The molecule has 0 aromatic heterocycles. The Morgan fingerprint density at radius 2 is 2.11 bits per heavy atom. The third-order valence-electron chi connectivity index (χ3n) is 4.14. The van der Waals surface area contributed by atoms with E-state index < -0.39 is 0 Å². The van der Waals surface area contributed by atoms with Crippen molar-refractivity contribution < 1.29 is 4.79 Å². The molecule has 0 aromatic rings. The Balaban J connectivity index is 0.00000162. The van der Waals surface area contributed by atoms with E-state index in [2.05, 4.69) is 17.3 Å². The van der Waals surface area contributed by atoms with Crippen molar-refractivity contribution in [3.63, 3.8) is 0 Å². The molecule has 2 atom stereocenters. The Hall–Kier alpha value is -0.320. The zero-order valence-electron chi connectivity index (χ0n) is 11.5. The van der Waals surface area contributed by atoms with Crippen molar-refractivity contribution in [3.05, 3.63) is 0 Å². The molecule has 2 heterocycles. The van der Waals surface area contributed by atoms with Gasteiger partial charge in [0.05, 0.1) is 5.92 Å². The molecule has 0 aliphatic carbocycles. The maximum absolute atomic E-state index is 12.4. The number of rotatable bonds is 2. The summed E-state index contributed by atoms with van der Waals surface area (Å²) in [6.07, 6.45) is 4.56. The van der Waals surface area contributed by atoms with Gasteiger partial charge in [0, 0.05) is 26.2 Å². The van der Waals surface area contributed by atoms with E-state index >= 15 is 0 Å². The first-order chi connectivity index (χ1) is 8.18. The van der Waals surface area contributed by atoms with Gasteiger partial charge in [0.25, 0.3) is 0 Å². The highest BCUT2D eigenvalue weighted by atomic mass is 35.5. The monoisotopic (exact) mass is 275 g/mol. The minimum Gasteiger partial charge on any atom is -0.341 e. The fourth-order valence-corrected chi connectivity index (χ4v) is 2.99. The molecule has 2 aliphatic heterocycles. The first-order valence-corrected chi connectivity index (χ1v) is 6.84. The Bertz CT molecular complexity index is 269. The lowest BCUT2D eigenvalue weighted by atomic mass is 9.96. The highest BCUT2D eigenvalue weighted by Gasteiger charge is 2.29. The predicted molar refractivity (Wildman–Crippen MR) is 76.1 cm³/mol. The summed E-state index contributed by atoms with van der Waals surface area (Å²) in [7, 11) is 4.13. The zero-order valence-corrected chi connectivity index (χ0v) is 12.3. The lowest BCUT2D eigenvalue weighted by Crippen LogP contribution is -2.50. The molecule has 0 saturated carbocycles. The number of hydrogen-bond acceptors (Lipinski definition) is 3. The SMILES string of the molecule is CN1CCCC(N(C)C(=O)[C@@H]2CCCNC2)C1.Cl. The molecule has 0 spiro atoms. The van der Waals surface area contributed by atoms with Crippen LogP contribution < -0.4 is 5.32 Å². The maximum Gasteiger partial charge on any atom is 0.227 e. The topological polar surface area (TPSA) is 35.6 Å². The summed E-state index contributed by atoms with van der Waals surface area (Å²) in [6.45, 7) is 4.14. The molecule has 4 nitrogen and oxygen atoms in total. The van der Waals surface area contributed by atoms with Gasteiger partial charge in [-0.2, -0.15) is 0 Å². The van der Waals surface area contributed by atoms with Crippen LogP contribution in [0.3, 0.4) is 0 Å². The van der Waals surface area contributed by atoms with Gasteiger partial charge < -0.3 is 15.1 Å². The molecule has 1 N–H and O–H groups in total. The second-order valence-electron chi connectivity index (χ2n) is 5.55. The number of carbonyl (C=O) groups is 1. The summed E-state index contributed by atoms with van der Waals surface area (Å²) in [5.74, 6) is 0.554. The minimum absolute atomic E-state index is 0. The second kappa shape index (κ2) is 7.31. The fourth-order valence-electron chi connectivity index (χ4n) is 2.99. The van der Waals surface area contributed by atoms with Gasteiger partial charge in [0.15, 0.2) is 0 Å². The number of halogens is 1. The molecule has 1 amide bonds. The lowest BCUT2D eigenvalue weighted by Gasteiger charge is -2.38. The van der Waals surface area contributed by atoms with E-state index in [1.807, 2.05) is 11.9 Å². The van der Waals surface area contributed by atoms with Gasteiger partial charge in [-0.25, -0.2) is 0 Å². The van der Waals surface area contributed by atoms with Crippen molar-refractivity contribution in [2.45, 2.75) is 31.7 Å². The Morgan fingerprint density at radius 1 is 1.33 bits per heavy atom. The summed E-state index contributed by atoms with van der Waals surface area (Å²) in [5, 5.41) is 3.32. The summed E-state index contributed by atoms with van der Waals surface area (Å²) in [6, 6.07) is 0.420. The largest absolute Gasteiger partial charge is 0.341 e. The van der Waals surface area contributed by atoms with Crippen LogP contribution in [0.1, 0.15) is 25.7 Å². The molecule has 0 radical (unpaired) electrons. The molecule has 0 bridgehead atoms. The van der Waals surface area contributed by atoms with Gasteiger partial charge in [-0.1, -0.05) is 0 Å². The van der Waals surface area contributed by atoms with E-state index in [0.717, 1.165) is 38.9 Å².